The molecule has 1 aromatic heterocycles. The quantitative estimate of drug-likeness (QED) is 0.516. The van der Waals surface area contributed by atoms with E-state index in [1.54, 1.807) is 42.5 Å². The molecule has 2 aromatic carbocycles. The second kappa shape index (κ2) is 6.88. The Morgan fingerprint density at radius 3 is 2.64 bits per heavy atom. The van der Waals surface area contributed by atoms with Crippen LogP contribution in [0.1, 0.15) is 40.5 Å². The van der Waals surface area contributed by atoms with Crippen LogP contribution in [0.4, 0.5) is 5.69 Å². The Bertz CT molecular complexity index is 1150. The van der Waals surface area contributed by atoms with Crippen LogP contribution < -0.4 is 0 Å². The van der Waals surface area contributed by atoms with Crippen molar-refractivity contribution in [2.24, 2.45) is 5.92 Å². The molecule has 28 heavy (non-hydrogen) atoms. The number of carboxylic acid groups (broad SMARTS) is 1. The molecule has 3 aromatic rings. The third-order valence-corrected chi connectivity index (χ3v) is 5.10. The van der Waals surface area contributed by atoms with Crippen LogP contribution in [-0.2, 0) is 6.42 Å². The van der Waals surface area contributed by atoms with E-state index in [1.807, 2.05) is 6.07 Å². The summed E-state index contributed by atoms with van der Waals surface area (Å²) in [5, 5.41) is 21.9. The molecule has 1 aliphatic carbocycles. The fourth-order valence-electron chi connectivity index (χ4n) is 3.94. The molecule has 0 aliphatic heterocycles. The maximum Gasteiger partial charge on any atom is 0.336 e. The van der Waals surface area contributed by atoms with Crippen molar-refractivity contribution in [1.29, 1.82) is 0 Å². The van der Waals surface area contributed by atoms with Crippen LogP contribution in [-0.4, -0.2) is 21.0 Å². The first kappa shape index (κ1) is 17.9. The SMILES string of the molecule is CC1CC(=Cc2ccccc2[N+](=O)[O-])c2nc3ccccc3c(C(=O)O)c2C1. The van der Waals surface area contributed by atoms with Gasteiger partial charge in [-0.15, -0.1) is 0 Å². The van der Waals surface area contributed by atoms with Crippen molar-refractivity contribution in [3.8, 4) is 0 Å². The molecule has 0 bridgehead atoms. The second-order valence-corrected chi connectivity index (χ2v) is 7.14. The molecule has 0 saturated carbocycles. The van der Waals surface area contributed by atoms with Gasteiger partial charge in [0.15, 0.2) is 0 Å². The second-order valence-electron chi connectivity index (χ2n) is 7.14. The standard InChI is InChI=1S/C22H18N2O4/c1-13-10-15(12-14-6-2-5-9-19(14)24(27)28)21-17(11-13)20(22(25)26)16-7-3-4-8-18(16)23-21/h2-9,12-13H,10-11H2,1H3,(H,25,26). The zero-order valence-electron chi connectivity index (χ0n) is 15.3. The maximum absolute atomic E-state index is 12.1. The zero-order chi connectivity index (χ0) is 19.8. The van der Waals surface area contributed by atoms with Crippen LogP contribution in [0, 0.1) is 16.0 Å². The zero-order valence-corrected chi connectivity index (χ0v) is 15.3. The first-order chi connectivity index (χ1) is 13.5. The molecule has 1 heterocycles. The summed E-state index contributed by atoms with van der Waals surface area (Å²) >= 11 is 0. The number of carbonyl (C=O) groups is 1. The number of hydrogen-bond donors (Lipinski definition) is 1. The molecule has 1 aliphatic rings. The van der Waals surface area contributed by atoms with Gasteiger partial charge in [-0.05, 0) is 48.1 Å². The van der Waals surface area contributed by atoms with Gasteiger partial charge in [0.05, 0.1) is 27.3 Å². The van der Waals surface area contributed by atoms with Crippen molar-refractivity contribution in [3.63, 3.8) is 0 Å². The predicted octanol–water partition coefficient (Wildman–Crippen LogP) is 4.96. The van der Waals surface area contributed by atoms with Crippen molar-refractivity contribution >= 4 is 34.2 Å². The summed E-state index contributed by atoms with van der Waals surface area (Å²) in [5.41, 5.74) is 3.57. The first-order valence-electron chi connectivity index (χ1n) is 9.05. The number of nitrogens with zero attached hydrogens (tertiary/aromatic N) is 2. The minimum absolute atomic E-state index is 0.0222. The Morgan fingerprint density at radius 2 is 1.89 bits per heavy atom. The third-order valence-electron chi connectivity index (χ3n) is 5.10. The minimum Gasteiger partial charge on any atom is -0.478 e. The molecule has 1 N–H and O–H groups in total. The van der Waals surface area contributed by atoms with Gasteiger partial charge in [-0.25, -0.2) is 9.78 Å². The summed E-state index contributed by atoms with van der Waals surface area (Å²) < 4.78 is 0. The average molecular weight is 374 g/mol. The Kier molecular flexibility index (Phi) is 4.39. The highest BCUT2D eigenvalue weighted by Crippen LogP contribution is 2.39. The van der Waals surface area contributed by atoms with E-state index in [0.717, 1.165) is 5.57 Å². The molecule has 1 atom stereocenters. The third kappa shape index (κ3) is 3.03. The number of para-hydroxylation sites is 2. The lowest BCUT2D eigenvalue weighted by atomic mass is 9.80. The summed E-state index contributed by atoms with van der Waals surface area (Å²) in [6.07, 6.45) is 3.08. The van der Waals surface area contributed by atoms with Gasteiger partial charge in [0.2, 0.25) is 0 Å². The number of aromatic carboxylic acids is 1. The summed E-state index contributed by atoms with van der Waals surface area (Å²) in [7, 11) is 0. The highest BCUT2D eigenvalue weighted by Gasteiger charge is 2.28. The highest BCUT2D eigenvalue weighted by atomic mass is 16.6. The molecule has 140 valence electrons. The van der Waals surface area contributed by atoms with E-state index < -0.39 is 10.9 Å². The van der Waals surface area contributed by atoms with Gasteiger partial charge < -0.3 is 5.11 Å². The van der Waals surface area contributed by atoms with Crippen molar-refractivity contribution in [3.05, 3.63) is 81.0 Å². The van der Waals surface area contributed by atoms with Crippen LogP contribution in [0.15, 0.2) is 48.5 Å². The van der Waals surface area contributed by atoms with Crippen LogP contribution in [0.5, 0.6) is 0 Å². The molecule has 0 saturated heterocycles. The van der Waals surface area contributed by atoms with E-state index in [9.17, 15) is 20.0 Å². The molecule has 4 rings (SSSR count). The number of fused-ring (bicyclic) bond motifs is 2. The van der Waals surface area contributed by atoms with Crippen molar-refractivity contribution in [1.82, 2.24) is 4.98 Å². The Morgan fingerprint density at radius 1 is 1.18 bits per heavy atom. The van der Waals surface area contributed by atoms with E-state index in [-0.39, 0.29) is 17.2 Å². The average Bonchev–Trinajstić information content (AvgIpc) is 2.66. The van der Waals surface area contributed by atoms with Crippen molar-refractivity contribution < 1.29 is 14.8 Å². The number of hydrogen-bond acceptors (Lipinski definition) is 4. The Balaban J connectivity index is 2.00. The molecule has 0 radical (unpaired) electrons. The molecular weight excluding hydrogens is 356 g/mol. The summed E-state index contributed by atoms with van der Waals surface area (Å²) in [6.45, 7) is 2.05. The fourth-order valence-corrected chi connectivity index (χ4v) is 3.94. The first-order valence-corrected chi connectivity index (χ1v) is 9.05. The molecule has 0 spiro atoms. The summed E-state index contributed by atoms with van der Waals surface area (Å²) in [4.78, 5) is 27.8. The lowest BCUT2D eigenvalue weighted by molar-refractivity contribution is -0.385. The number of nitro groups is 1. The van der Waals surface area contributed by atoms with E-state index in [0.29, 0.717) is 40.6 Å². The number of nitro benzene ring substituents is 1. The lowest BCUT2D eigenvalue weighted by Gasteiger charge is -2.26. The highest BCUT2D eigenvalue weighted by molar-refractivity contribution is 6.06. The van der Waals surface area contributed by atoms with Crippen LogP contribution >= 0.6 is 0 Å². The predicted molar refractivity (Wildman–Crippen MR) is 107 cm³/mol. The number of pyridine rings is 1. The Labute approximate surface area is 161 Å². The summed E-state index contributed by atoms with van der Waals surface area (Å²) in [5.74, 6) is -0.767. The van der Waals surface area contributed by atoms with Crippen LogP contribution in [0.3, 0.4) is 0 Å². The molecule has 0 amide bonds. The fraction of sp³-hybridized carbons (Fsp3) is 0.182. The van der Waals surface area contributed by atoms with Gasteiger partial charge in [-0.1, -0.05) is 37.3 Å². The van der Waals surface area contributed by atoms with Gasteiger partial charge in [-0.3, -0.25) is 10.1 Å². The van der Waals surface area contributed by atoms with Gasteiger partial charge >= 0.3 is 5.97 Å². The number of carboxylic acids is 1. The normalized spacial score (nSPS) is 17.5. The van der Waals surface area contributed by atoms with Crippen molar-refractivity contribution in [2.75, 3.05) is 0 Å². The van der Waals surface area contributed by atoms with Crippen molar-refractivity contribution in [2.45, 2.75) is 19.8 Å². The molecule has 0 fully saturated rings. The molecule has 6 nitrogen and oxygen atoms in total. The smallest absolute Gasteiger partial charge is 0.336 e. The minimum atomic E-state index is -0.978. The number of aromatic nitrogens is 1. The topological polar surface area (TPSA) is 93.3 Å². The monoisotopic (exact) mass is 374 g/mol. The van der Waals surface area contributed by atoms with E-state index >= 15 is 0 Å². The van der Waals surface area contributed by atoms with E-state index in [4.69, 9.17) is 4.98 Å². The largest absolute Gasteiger partial charge is 0.478 e. The molecular formula is C22H18N2O4. The molecule has 1 unspecified atom stereocenters. The summed E-state index contributed by atoms with van der Waals surface area (Å²) in [6, 6.07) is 13.7. The number of benzene rings is 2. The molecule has 6 heteroatoms. The lowest BCUT2D eigenvalue weighted by Crippen LogP contribution is -2.17. The Hall–Kier alpha value is -3.54. The van der Waals surface area contributed by atoms with Crippen LogP contribution in [0.25, 0.3) is 22.6 Å². The number of rotatable bonds is 3. The van der Waals surface area contributed by atoms with Gasteiger partial charge in [0, 0.05) is 11.5 Å². The number of allylic oxidation sites excluding steroid dienone is 1. The van der Waals surface area contributed by atoms with E-state index in [2.05, 4.69) is 6.92 Å². The maximum atomic E-state index is 12.1. The van der Waals surface area contributed by atoms with Gasteiger partial charge in [0.25, 0.3) is 5.69 Å². The van der Waals surface area contributed by atoms with Gasteiger partial charge in [0.1, 0.15) is 0 Å². The van der Waals surface area contributed by atoms with Crippen LogP contribution in [0.2, 0.25) is 0 Å². The van der Waals surface area contributed by atoms with Gasteiger partial charge in [-0.2, -0.15) is 0 Å². The van der Waals surface area contributed by atoms with E-state index in [1.165, 1.54) is 6.07 Å².